The van der Waals surface area contributed by atoms with E-state index in [0.717, 1.165) is 12.8 Å². The van der Waals surface area contributed by atoms with Crippen LogP contribution in [0.4, 0.5) is 5.69 Å². The summed E-state index contributed by atoms with van der Waals surface area (Å²) in [6.07, 6.45) is 4.23. The Morgan fingerprint density at radius 2 is 1.95 bits per heavy atom. The fourth-order valence-corrected chi connectivity index (χ4v) is 2.58. The van der Waals surface area contributed by atoms with Gasteiger partial charge in [-0.2, -0.15) is 0 Å². The van der Waals surface area contributed by atoms with Gasteiger partial charge in [-0.25, -0.2) is 4.98 Å². The van der Waals surface area contributed by atoms with Crippen molar-refractivity contribution in [2.45, 2.75) is 31.7 Å². The number of nitrogens with zero attached hydrogens (tertiary/aromatic N) is 1. The van der Waals surface area contributed by atoms with E-state index in [9.17, 15) is 9.59 Å². The molecule has 0 bridgehead atoms. The summed E-state index contributed by atoms with van der Waals surface area (Å²) in [5.74, 6) is -0.613. The zero-order chi connectivity index (χ0) is 14.7. The highest BCUT2D eigenvalue weighted by Crippen LogP contribution is 2.24. The molecule has 0 aliphatic heterocycles. The molecule has 20 heavy (non-hydrogen) atoms. The molecule has 1 aromatic heterocycles. The van der Waals surface area contributed by atoms with Crippen LogP contribution in [-0.4, -0.2) is 22.8 Å². The number of hydrogen-bond donors (Lipinski definition) is 3. The number of nitrogens with one attached hydrogen (secondary N) is 1. The first-order valence-corrected chi connectivity index (χ1v) is 6.86. The van der Waals surface area contributed by atoms with Crippen molar-refractivity contribution in [3.63, 3.8) is 0 Å². The van der Waals surface area contributed by atoms with Crippen molar-refractivity contribution >= 4 is 29.1 Å². The molecule has 1 heterocycles. The van der Waals surface area contributed by atoms with E-state index >= 15 is 0 Å². The Morgan fingerprint density at radius 1 is 1.30 bits per heavy atom. The van der Waals surface area contributed by atoms with Crippen LogP contribution in [0.5, 0.6) is 0 Å². The first-order chi connectivity index (χ1) is 9.47. The minimum atomic E-state index is -0.269. The number of amides is 2. The van der Waals surface area contributed by atoms with Crippen LogP contribution >= 0.6 is 11.6 Å². The fraction of sp³-hybridized carbons (Fsp3) is 0.462. The van der Waals surface area contributed by atoms with Crippen molar-refractivity contribution in [3.8, 4) is 0 Å². The van der Waals surface area contributed by atoms with Crippen molar-refractivity contribution in [1.82, 2.24) is 10.3 Å². The van der Waals surface area contributed by atoms with Gasteiger partial charge in [0, 0.05) is 12.0 Å². The molecule has 1 aliphatic carbocycles. The molecule has 1 aromatic rings. The van der Waals surface area contributed by atoms with E-state index < -0.39 is 0 Å². The number of carbonyl (C=O) groups is 2. The van der Waals surface area contributed by atoms with Gasteiger partial charge in [-0.1, -0.05) is 11.6 Å². The molecule has 0 unspecified atom stereocenters. The summed E-state index contributed by atoms with van der Waals surface area (Å²) >= 11 is 5.76. The van der Waals surface area contributed by atoms with Gasteiger partial charge in [0.1, 0.15) is 5.15 Å². The highest BCUT2D eigenvalue weighted by atomic mass is 35.5. The third-order valence-electron chi connectivity index (χ3n) is 3.61. The smallest absolute Gasteiger partial charge is 0.253 e. The molecular weight excluding hydrogens is 280 g/mol. The lowest BCUT2D eigenvalue weighted by Crippen LogP contribution is -2.40. The van der Waals surface area contributed by atoms with Crippen LogP contribution in [0, 0.1) is 5.92 Å². The highest BCUT2D eigenvalue weighted by molar-refractivity contribution is 6.29. The zero-order valence-corrected chi connectivity index (χ0v) is 11.7. The molecule has 108 valence electrons. The van der Waals surface area contributed by atoms with Crippen LogP contribution in [0.3, 0.4) is 0 Å². The van der Waals surface area contributed by atoms with Crippen LogP contribution < -0.4 is 16.8 Å². The molecule has 2 amide bonds. The minimum absolute atomic E-state index is 0.0319. The quantitative estimate of drug-likeness (QED) is 0.725. The molecule has 0 radical (unpaired) electrons. The number of halogens is 1. The Balaban J connectivity index is 1.96. The van der Waals surface area contributed by atoms with E-state index in [1.54, 1.807) is 0 Å². The number of primary amides is 1. The first-order valence-electron chi connectivity index (χ1n) is 6.48. The predicted molar refractivity (Wildman–Crippen MR) is 76.1 cm³/mol. The lowest BCUT2D eigenvalue weighted by atomic mass is 9.85. The molecule has 1 fully saturated rings. The van der Waals surface area contributed by atoms with E-state index in [4.69, 9.17) is 23.1 Å². The Kier molecular flexibility index (Phi) is 4.44. The second-order valence-corrected chi connectivity index (χ2v) is 5.41. The van der Waals surface area contributed by atoms with Crippen molar-refractivity contribution in [1.29, 1.82) is 0 Å². The lowest BCUT2D eigenvalue weighted by Gasteiger charge is -2.27. The Hall–Kier alpha value is -1.82. The van der Waals surface area contributed by atoms with Crippen LogP contribution in [0.25, 0.3) is 0 Å². The van der Waals surface area contributed by atoms with Gasteiger partial charge in [0.05, 0.1) is 17.4 Å². The Bertz CT molecular complexity index is 527. The third-order valence-corrected chi connectivity index (χ3v) is 3.82. The van der Waals surface area contributed by atoms with Gasteiger partial charge >= 0.3 is 0 Å². The lowest BCUT2D eigenvalue weighted by molar-refractivity contribution is -0.122. The summed E-state index contributed by atoms with van der Waals surface area (Å²) in [4.78, 5) is 27.0. The van der Waals surface area contributed by atoms with E-state index in [2.05, 4.69) is 10.3 Å². The summed E-state index contributed by atoms with van der Waals surface area (Å²) in [6, 6.07) is 1.48. The van der Waals surface area contributed by atoms with Crippen molar-refractivity contribution in [2.24, 2.45) is 11.7 Å². The SMILES string of the molecule is NC(=O)C1CCC(NC(=O)c2cc(Cl)ncc2N)CC1. The van der Waals surface area contributed by atoms with Crippen LogP contribution in [0.1, 0.15) is 36.0 Å². The van der Waals surface area contributed by atoms with Gasteiger partial charge in [-0.05, 0) is 31.7 Å². The summed E-state index contributed by atoms with van der Waals surface area (Å²) in [7, 11) is 0. The van der Waals surface area contributed by atoms with Gasteiger partial charge in [-0.15, -0.1) is 0 Å². The maximum Gasteiger partial charge on any atom is 0.253 e. The molecule has 2 rings (SSSR count). The number of rotatable bonds is 3. The fourth-order valence-electron chi connectivity index (χ4n) is 2.42. The second kappa shape index (κ2) is 6.09. The molecule has 0 saturated heterocycles. The van der Waals surface area contributed by atoms with Gasteiger partial charge < -0.3 is 16.8 Å². The average molecular weight is 297 g/mol. The van der Waals surface area contributed by atoms with E-state index in [0.29, 0.717) is 18.4 Å². The number of hydrogen-bond acceptors (Lipinski definition) is 4. The van der Waals surface area contributed by atoms with E-state index in [1.807, 2.05) is 0 Å². The molecule has 0 aromatic carbocycles. The topological polar surface area (TPSA) is 111 Å². The van der Waals surface area contributed by atoms with E-state index in [-0.39, 0.29) is 34.6 Å². The number of nitrogen functional groups attached to an aromatic ring is 1. The number of aromatic nitrogens is 1. The van der Waals surface area contributed by atoms with Crippen molar-refractivity contribution < 1.29 is 9.59 Å². The maximum absolute atomic E-state index is 12.1. The number of carbonyl (C=O) groups excluding carboxylic acids is 2. The summed E-state index contributed by atoms with van der Waals surface area (Å²) < 4.78 is 0. The van der Waals surface area contributed by atoms with Gasteiger partial charge in [-0.3, -0.25) is 9.59 Å². The van der Waals surface area contributed by atoms with Crippen molar-refractivity contribution in [2.75, 3.05) is 5.73 Å². The molecule has 0 spiro atoms. The predicted octanol–water partition coefficient (Wildman–Crippen LogP) is 1.09. The standard InChI is InChI=1S/C13H17ClN4O2/c14-11-5-9(10(15)6-17-11)13(20)18-8-3-1-7(2-4-8)12(16)19/h5-8H,1-4,15H2,(H2,16,19)(H,18,20). The monoisotopic (exact) mass is 296 g/mol. The van der Waals surface area contributed by atoms with Crippen LogP contribution in [0.15, 0.2) is 12.3 Å². The summed E-state index contributed by atoms with van der Waals surface area (Å²) in [6.45, 7) is 0. The number of anilines is 1. The zero-order valence-electron chi connectivity index (χ0n) is 10.9. The van der Waals surface area contributed by atoms with Gasteiger partial charge in [0.15, 0.2) is 0 Å². The number of pyridine rings is 1. The largest absolute Gasteiger partial charge is 0.397 e. The minimum Gasteiger partial charge on any atom is -0.397 e. The van der Waals surface area contributed by atoms with Crippen LogP contribution in [0.2, 0.25) is 5.15 Å². The number of nitrogens with two attached hydrogens (primary N) is 2. The molecule has 6 nitrogen and oxygen atoms in total. The molecule has 5 N–H and O–H groups in total. The molecule has 1 saturated carbocycles. The van der Waals surface area contributed by atoms with Gasteiger partial charge in [0.2, 0.25) is 5.91 Å². The normalized spacial score (nSPS) is 22.2. The Labute approximate surface area is 121 Å². The van der Waals surface area contributed by atoms with Crippen LogP contribution in [-0.2, 0) is 4.79 Å². The third kappa shape index (κ3) is 3.39. The molecule has 1 aliphatic rings. The molecular formula is C13H17ClN4O2. The maximum atomic E-state index is 12.1. The summed E-state index contributed by atoms with van der Waals surface area (Å²) in [5, 5.41) is 3.13. The first kappa shape index (κ1) is 14.6. The molecule has 7 heteroatoms. The highest BCUT2D eigenvalue weighted by Gasteiger charge is 2.26. The Morgan fingerprint density at radius 3 is 2.55 bits per heavy atom. The second-order valence-electron chi connectivity index (χ2n) is 5.02. The van der Waals surface area contributed by atoms with Gasteiger partial charge in [0.25, 0.3) is 5.91 Å². The summed E-state index contributed by atoms with van der Waals surface area (Å²) in [5.41, 5.74) is 11.6. The van der Waals surface area contributed by atoms with E-state index in [1.165, 1.54) is 12.3 Å². The van der Waals surface area contributed by atoms with Crippen molar-refractivity contribution in [3.05, 3.63) is 23.0 Å². The molecule has 0 atom stereocenters. The average Bonchev–Trinajstić information content (AvgIpc) is 2.42.